The quantitative estimate of drug-likeness (QED) is 0.719. The van der Waals surface area contributed by atoms with Crippen LogP contribution in [0.4, 0.5) is 10.2 Å². The molecular formula is C20H23FN4O4S. The lowest BCUT2D eigenvalue weighted by molar-refractivity contribution is 0.0728. The summed E-state index contributed by atoms with van der Waals surface area (Å²) in [5.74, 6) is -0.322. The summed E-state index contributed by atoms with van der Waals surface area (Å²) < 4.78 is 46.5. The lowest BCUT2D eigenvalue weighted by atomic mass is 10.1. The lowest BCUT2D eigenvalue weighted by Crippen LogP contribution is -2.49. The van der Waals surface area contributed by atoms with E-state index in [4.69, 9.17) is 4.74 Å². The van der Waals surface area contributed by atoms with Crippen molar-refractivity contribution in [1.82, 2.24) is 14.2 Å². The van der Waals surface area contributed by atoms with Crippen LogP contribution in [0.1, 0.15) is 10.4 Å². The second-order valence-electron chi connectivity index (χ2n) is 7.13. The minimum Gasteiger partial charge on any atom is -0.379 e. The first-order valence-electron chi connectivity index (χ1n) is 9.79. The Hall–Kier alpha value is -2.56. The average Bonchev–Trinajstić information content (AvgIpc) is 2.80. The third-order valence-corrected chi connectivity index (χ3v) is 7.22. The van der Waals surface area contributed by atoms with Gasteiger partial charge in [0.2, 0.25) is 10.0 Å². The van der Waals surface area contributed by atoms with Gasteiger partial charge in [-0.2, -0.15) is 4.31 Å². The predicted molar refractivity (Wildman–Crippen MR) is 108 cm³/mol. The van der Waals surface area contributed by atoms with Gasteiger partial charge in [0.25, 0.3) is 5.91 Å². The Morgan fingerprint density at radius 2 is 1.73 bits per heavy atom. The van der Waals surface area contributed by atoms with Gasteiger partial charge in [-0.15, -0.1) is 0 Å². The Morgan fingerprint density at radius 1 is 1.00 bits per heavy atom. The molecule has 2 aliphatic rings. The molecule has 30 heavy (non-hydrogen) atoms. The molecule has 0 saturated carbocycles. The van der Waals surface area contributed by atoms with Crippen molar-refractivity contribution in [2.75, 3.05) is 57.4 Å². The molecule has 2 aliphatic heterocycles. The number of carbonyl (C=O) groups is 1. The molecule has 2 saturated heterocycles. The molecule has 1 amide bonds. The van der Waals surface area contributed by atoms with E-state index in [-0.39, 0.29) is 37.8 Å². The molecule has 0 spiro atoms. The van der Waals surface area contributed by atoms with Crippen LogP contribution in [-0.4, -0.2) is 81.0 Å². The number of halogens is 1. The third-order valence-electron chi connectivity index (χ3n) is 5.31. The molecule has 10 heteroatoms. The van der Waals surface area contributed by atoms with Crippen LogP contribution < -0.4 is 4.90 Å². The number of sulfonamides is 1. The fourth-order valence-corrected chi connectivity index (χ4v) is 5.12. The van der Waals surface area contributed by atoms with Crippen molar-refractivity contribution in [3.63, 3.8) is 0 Å². The highest BCUT2D eigenvalue weighted by Gasteiger charge is 2.31. The molecule has 0 aliphatic carbocycles. The van der Waals surface area contributed by atoms with Crippen molar-refractivity contribution in [3.8, 4) is 0 Å². The van der Waals surface area contributed by atoms with Gasteiger partial charge in [0.1, 0.15) is 16.5 Å². The number of aromatic nitrogens is 1. The number of morpholine rings is 1. The van der Waals surface area contributed by atoms with Crippen LogP contribution in [0.15, 0.2) is 47.5 Å². The van der Waals surface area contributed by atoms with Gasteiger partial charge in [0, 0.05) is 51.0 Å². The standard InChI is InChI=1S/C20H23FN4O4S/c21-17-5-4-16(15-18(17)30(27,28)25-11-13-29-14-12-25)20(26)24-9-7-23(8-10-24)19-3-1-2-6-22-19/h1-6,15H,7-14H2. The van der Waals surface area contributed by atoms with Crippen molar-refractivity contribution in [1.29, 1.82) is 0 Å². The Bertz CT molecular complexity index is 1000. The van der Waals surface area contributed by atoms with E-state index in [9.17, 15) is 17.6 Å². The maximum Gasteiger partial charge on any atom is 0.254 e. The topological polar surface area (TPSA) is 83.0 Å². The minimum atomic E-state index is -4.03. The molecule has 8 nitrogen and oxygen atoms in total. The molecule has 1 aromatic carbocycles. The first-order valence-corrected chi connectivity index (χ1v) is 11.2. The van der Waals surface area contributed by atoms with E-state index in [1.54, 1.807) is 11.1 Å². The fourth-order valence-electron chi connectivity index (χ4n) is 3.62. The van der Waals surface area contributed by atoms with E-state index in [0.717, 1.165) is 18.0 Å². The molecule has 0 radical (unpaired) electrons. The fraction of sp³-hybridized carbons (Fsp3) is 0.400. The van der Waals surface area contributed by atoms with Gasteiger partial charge in [-0.3, -0.25) is 4.79 Å². The van der Waals surface area contributed by atoms with E-state index in [1.165, 1.54) is 10.4 Å². The molecule has 3 heterocycles. The second-order valence-corrected chi connectivity index (χ2v) is 9.04. The van der Waals surface area contributed by atoms with Gasteiger partial charge in [0.15, 0.2) is 0 Å². The van der Waals surface area contributed by atoms with Crippen molar-refractivity contribution in [2.45, 2.75) is 4.90 Å². The van der Waals surface area contributed by atoms with Crippen LogP contribution in [0, 0.1) is 5.82 Å². The number of carbonyl (C=O) groups excluding carboxylic acids is 1. The van der Waals surface area contributed by atoms with Crippen molar-refractivity contribution < 1.29 is 22.3 Å². The summed E-state index contributed by atoms with van der Waals surface area (Å²) in [7, 11) is -4.03. The zero-order valence-electron chi connectivity index (χ0n) is 16.4. The number of hydrogen-bond donors (Lipinski definition) is 0. The van der Waals surface area contributed by atoms with Crippen LogP contribution in [0.5, 0.6) is 0 Å². The highest BCUT2D eigenvalue weighted by Crippen LogP contribution is 2.23. The number of pyridine rings is 1. The lowest BCUT2D eigenvalue weighted by Gasteiger charge is -2.35. The summed E-state index contributed by atoms with van der Waals surface area (Å²) in [6.07, 6.45) is 1.72. The van der Waals surface area contributed by atoms with E-state index in [1.807, 2.05) is 18.2 Å². The number of piperazine rings is 1. The zero-order valence-corrected chi connectivity index (χ0v) is 17.2. The molecule has 4 rings (SSSR count). The Labute approximate surface area is 174 Å². The van der Waals surface area contributed by atoms with Gasteiger partial charge in [-0.25, -0.2) is 17.8 Å². The molecule has 0 bridgehead atoms. The Balaban J connectivity index is 1.49. The minimum absolute atomic E-state index is 0.162. The van der Waals surface area contributed by atoms with Crippen LogP contribution >= 0.6 is 0 Å². The van der Waals surface area contributed by atoms with Crippen molar-refractivity contribution in [2.24, 2.45) is 0 Å². The van der Waals surface area contributed by atoms with Gasteiger partial charge in [-0.05, 0) is 30.3 Å². The average molecular weight is 434 g/mol. The Kier molecular flexibility index (Phi) is 5.98. The number of nitrogens with zero attached hydrogens (tertiary/aromatic N) is 4. The highest BCUT2D eigenvalue weighted by atomic mass is 32.2. The monoisotopic (exact) mass is 434 g/mol. The first kappa shape index (κ1) is 20.7. The molecule has 0 unspecified atom stereocenters. The maximum atomic E-state index is 14.4. The van der Waals surface area contributed by atoms with Crippen LogP contribution in [-0.2, 0) is 14.8 Å². The molecule has 2 fully saturated rings. The third kappa shape index (κ3) is 4.16. The number of benzene rings is 1. The summed E-state index contributed by atoms with van der Waals surface area (Å²) >= 11 is 0. The summed E-state index contributed by atoms with van der Waals surface area (Å²) in [4.78, 5) is 20.5. The highest BCUT2D eigenvalue weighted by molar-refractivity contribution is 7.89. The van der Waals surface area contributed by atoms with Gasteiger partial charge >= 0.3 is 0 Å². The van der Waals surface area contributed by atoms with E-state index < -0.39 is 20.7 Å². The second kappa shape index (κ2) is 8.66. The number of hydrogen-bond acceptors (Lipinski definition) is 6. The van der Waals surface area contributed by atoms with Gasteiger partial charge in [-0.1, -0.05) is 6.07 Å². The molecule has 1 aromatic heterocycles. The predicted octanol–water partition coefficient (Wildman–Crippen LogP) is 1.20. The summed E-state index contributed by atoms with van der Waals surface area (Å²) in [5.41, 5.74) is 0.162. The van der Waals surface area contributed by atoms with Crippen LogP contribution in [0.3, 0.4) is 0 Å². The Morgan fingerprint density at radius 3 is 2.40 bits per heavy atom. The largest absolute Gasteiger partial charge is 0.379 e. The summed E-state index contributed by atoms with van der Waals surface area (Å²) in [6.45, 7) is 3.02. The molecule has 0 N–H and O–H groups in total. The molecular weight excluding hydrogens is 411 g/mol. The van der Waals surface area contributed by atoms with Crippen molar-refractivity contribution >= 4 is 21.7 Å². The smallest absolute Gasteiger partial charge is 0.254 e. The van der Waals surface area contributed by atoms with E-state index in [0.29, 0.717) is 26.2 Å². The maximum absolute atomic E-state index is 14.4. The van der Waals surface area contributed by atoms with Crippen LogP contribution in [0.2, 0.25) is 0 Å². The normalized spacial score (nSPS) is 18.4. The molecule has 160 valence electrons. The van der Waals surface area contributed by atoms with Crippen molar-refractivity contribution in [3.05, 3.63) is 54.0 Å². The summed E-state index contributed by atoms with van der Waals surface area (Å²) in [5, 5.41) is 0. The molecule has 2 aromatic rings. The van der Waals surface area contributed by atoms with Gasteiger partial charge in [0.05, 0.1) is 13.2 Å². The molecule has 0 atom stereocenters. The number of ether oxygens (including phenoxy) is 1. The zero-order chi connectivity index (χ0) is 21.1. The van der Waals surface area contributed by atoms with Gasteiger partial charge < -0.3 is 14.5 Å². The summed E-state index contributed by atoms with van der Waals surface area (Å²) in [6, 6.07) is 9.20. The first-order chi connectivity index (χ1) is 14.5. The van der Waals surface area contributed by atoms with Crippen LogP contribution in [0.25, 0.3) is 0 Å². The number of amides is 1. The van der Waals surface area contributed by atoms with E-state index in [2.05, 4.69) is 9.88 Å². The van der Waals surface area contributed by atoms with E-state index >= 15 is 0 Å². The number of anilines is 1. The SMILES string of the molecule is O=C(c1ccc(F)c(S(=O)(=O)N2CCOCC2)c1)N1CCN(c2ccccn2)CC1. The number of rotatable bonds is 4.